The van der Waals surface area contributed by atoms with E-state index in [2.05, 4.69) is 56.5 Å². The van der Waals surface area contributed by atoms with Crippen molar-refractivity contribution in [2.24, 2.45) is 0 Å². The maximum Gasteiger partial charge on any atom is 0.0808 e. The van der Waals surface area contributed by atoms with Gasteiger partial charge < -0.3 is 0 Å². The van der Waals surface area contributed by atoms with Gasteiger partial charge in [-0.05, 0) is 56.5 Å². The number of hydrogen-bond donors (Lipinski definition) is 0. The van der Waals surface area contributed by atoms with Crippen molar-refractivity contribution in [3.63, 3.8) is 0 Å². The van der Waals surface area contributed by atoms with Crippen LogP contribution in [0.5, 0.6) is 0 Å². The molecule has 0 radical (unpaired) electrons. The quantitative estimate of drug-likeness (QED) is 0.466. The summed E-state index contributed by atoms with van der Waals surface area (Å²) in [6.07, 6.45) is 4.22. The van der Waals surface area contributed by atoms with Gasteiger partial charge >= 0.3 is 0 Å². The molecule has 0 atom stereocenters. The summed E-state index contributed by atoms with van der Waals surface area (Å²) in [6.45, 7) is 0. The fourth-order valence-electron chi connectivity index (χ4n) is 1.09. The van der Waals surface area contributed by atoms with Crippen LogP contribution < -0.4 is 0 Å². The number of thioether (sulfide) groups is 2. The van der Waals surface area contributed by atoms with E-state index in [1.54, 1.807) is 23.5 Å². The number of thiophene rings is 2. The number of halogens is 2. The van der Waals surface area contributed by atoms with Crippen LogP contribution in [0, 0.1) is 0 Å². The molecule has 17 heavy (non-hydrogen) atoms. The average molecular weight is 448 g/mol. The van der Waals surface area contributed by atoms with Gasteiger partial charge in [-0.25, -0.2) is 0 Å². The summed E-state index contributed by atoms with van der Waals surface area (Å²) in [5, 5.41) is 0. The molecule has 0 spiro atoms. The van der Waals surface area contributed by atoms with Gasteiger partial charge in [-0.2, -0.15) is 0 Å². The minimum absolute atomic E-state index is 1.20. The Morgan fingerprint density at radius 3 is 1.59 bits per heavy atom. The van der Waals surface area contributed by atoms with Crippen LogP contribution in [0.25, 0.3) is 0 Å². The standard InChI is InChI=1S/C10H8Br2S5/c1-13-7-3-5(11)9(15-7)17-10-6(12)4-8(14-2)16-10/h3-4H,1-2H3. The fourth-order valence-corrected chi connectivity index (χ4v) is 8.12. The number of rotatable bonds is 4. The van der Waals surface area contributed by atoms with Crippen LogP contribution in [-0.2, 0) is 0 Å². The smallest absolute Gasteiger partial charge is 0.0808 e. The molecule has 2 aromatic heterocycles. The lowest BCUT2D eigenvalue weighted by Gasteiger charge is -1.96. The van der Waals surface area contributed by atoms with Crippen molar-refractivity contribution in [1.82, 2.24) is 0 Å². The molecule has 7 heteroatoms. The van der Waals surface area contributed by atoms with Crippen molar-refractivity contribution in [3.8, 4) is 0 Å². The SMILES string of the molecule is CSc1cc(Br)c(Sc2sc(SC)cc2Br)s1. The molecule has 0 bridgehead atoms. The second-order valence-corrected chi connectivity index (χ2v) is 10.5. The first-order chi connectivity index (χ1) is 8.13. The van der Waals surface area contributed by atoms with Crippen molar-refractivity contribution in [3.05, 3.63) is 21.1 Å². The van der Waals surface area contributed by atoms with E-state index < -0.39 is 0 Å². The molecule has 0 fully saturated rings. The fraction of sp³-hybridized carbons (Fsp3) is 0.200. The normalized spacial score (nSPS) is 11.1. The van der Waals surface area contributed by atoms with E-state index >= 15 is 0 Å². The van der Waals surface area contributed by atoms with Gasteiger partial charge in [0.05, 0.1) is 16.8 Å². The summed E-state index contributed by atoms with van der Waals surface area (Å²) < 4.78 is 7.73. The van der Waals surface area contributed by atoms with E-state index in [0.717, 1.165) is 0 Å². The van der Waals surface area contributed by atoms with Crippen LogP contribution in [0.3, 0.4) is 0 Å². The van der Waals surface area contributed by atoms with E-state index in [1.165, 1.54) is 25.8 Å². The van der Waals surface area contributed by atoms with Crippen LogP contribution in [0.1, 0.15) is 0 Å². The lowest BCUT2D eigenvalue weighted by atomic mass is 10.7. The Bertz CT molecular complexity index is 470. The summed E-state index contributed by atoms with van der Waals surface area (Å²) in [4.78, 5) is 0. The van der Waals surface area contributed by atoms with Gasteiger partial charge in [0, 0.05) is 8.95 Å². The van der Waals surface area contributed by atoms with E-state index in [0.29, 0.717) is 0 Å². The Balaban J connectivity index is 2.24. The monoisotopic (exact) mass is 446 g/mol. The molecule has 92 valence electrons. The van der Waals surface area contributed by atoms with Crippen molar-refractivity contribution < 1.29 is 0 Å². The second kappa shape index (κ2) is 6.72. The maximum atomic E-state index is 3.62. The first-order valence-electron chi connectivity index (χ1n) is 4.48. The zero-order valence-corrected chi connectivity index (χ0v) is 16.2. The van der Waals surface area contributed by atoms with Gasteiger partial charge in [-0.15, -0.1) is 46.2 Å². The van der Waals surface area contributed by atoms with Crippen LogP contribution in [0.4, 0.5) is 0 Å². The topological polar surface area (TPSA) is 0 Å². The van der Waals surface area contributed by atoms with E-state index in [9.17, 15) is 0 Å². The summed E-state index contributed by atoms with van der Waals surface area (Å²) in [5.41, 5.74) is 0. The van der Waals surface area contributed by atoms with E-state index in [-0.39, 0.29) is 0 Å². The predicted molar refractivity (Wildman–Crippen MR) is 91.7 cm³/mol. The van der Waals surface area contributed by atoms with Gasteiger partial charge in [0.25, 0.3) is 0 Å². The third-order valence-corrected chi connectivity index (χ3v) is 9.95. The Kier molecular flexibility index (Phi) is 5.86. The van der Waals surface area contributed by atoms with Crippen molar-refractivity contribution >= 4 is 89.8 Å². The van der Waals surface area contributed by atoms with Crippen molar-refractivity contribution in [1.29, 1.82) is 0 Å². The molecule has 0 N–H and O–H groups in total. The summed E-state index contributed by atoms with van der Waals surface area (Å²) in [6, 6.07) is 4.38. The van der Waals surface area contributed by atoms with Gasteiger partial charge in [0.1, 0.15) is 0 Å². The zero-order chi connectivity index (χ0) is 12.4. The van der Waals surface area contributed by atoms with Gasteiger partial charge in [0.2, 0.25) is 0 Å². The predicted octanol–water partition coefficient (Wildman–Crippen LogP) is 6.93. The van der Waals surface area contributed by atoms with Crippen LogP contribution >= 0.6 is 89.8 Å². The molecule has 0 amide bonds. The molecule has 0 nitrogen and oxygen atoms in total. The Morgan fingerprint density at radius 1 is 0.882 bits per heavy atom. The van der Waals surface area contributed by atoms with E-state index in [4.69, 9.17) is 0 Å². The third kappa shape index (κ3) is 3.70. The Morgan fingerprint density at radius 2 is 1.29 bits per heavy atom. The highest BCUT2D eigenvalue weighted by atomic mass is 79.9. The largest absolute Gasteiger partial charge is 0.121 e. The molecule has 2 heterocycles. The highest BCUT2D eigenvalue weighted by molar-refractivity contribution is 9.11. The summed E-state index contributed by atoms with van der Waals surface area (Å²) in [7, 11) is 0. The molecular formula is C10H8Br2S5. The lowest BCUT2D eigenvalue weighted by molar-refractivity contribution is 1.55. The van der Waals surface area contributed by atoms with Crippen LogP contribution in [0.2, 0.25) is 0 Å². The zero-order valence-electron chi connectivity index (χ0n) is 8.95. The molecule has 0 aliphatic heterocycles. The maximum absolute atomic E-state index is 3.62. The molecule has 0 unspecified atom stereocenters. The Hall–Kier alpha value is 1.41. The summed E-state index contributed by atoms with van der Waals surface area (Å²) in [5.74, 6) is 0. The first-order valence-corrected chi connectivity index (χ1v) is 11.0. The number of hydrogen-bond acceptors (Lipinski definition) is 5. The van der Waals surface area contributed by atoms with Crippen LogP contribution in [-0.4, -0.2) is 12.5 Å². The molecule has 0 aliphatic rings. The van der Waals surface area contributed by atoms with Crippen molar-refractivity contribution in [2.75, 3.05) is 12.5 Å². The molecule has 0 saturated heterocycles. The average Bonchev–Trinajstić information content (AvgIpc) is 2.84. The minimum atomic E-state index is 1.20. The van der Waals surface area contributed by atoms with E-state index in [1.807, 2.05) is 34.4 Å². The molecule has 2 aromatic rings. The minimum Gasteiger partial charge on any atom is -0.121 e. The molecular weight excluding hydrogens is 440 g/mol. The first kappa shape index (κ1) is 14.8. The molecule has 0 aromatic carbocycles. The molecule has 0 aliphatic carbocycles. The highest BCUT2D eigenvalue weighted by Gasteiger charge is 2.13. The van der Waals surface area contributed by atoms with Gasteiger partial charge in [-0.3, -0.25) is 0 Å². The molecule has 0 saturated carbocycles. The second-order valence-electron chi connectivity index (χ2n) is 2.91. The van der Waals surface area contributed by atoms with Gasteiger partial charge in [-0.1, -0.05) is 11.8 Å². The lowest BCUT2D eigenvalue weighted by Crippen LogP contribution is -1.62. The Labute approximate surface area is 139 Å². The third-order valence-electron chi connectivity index (χ3n) is 1.85. The summed E-state index contributed by atoms with van der Waals surface area (Å²) >= 11 is 16.3. The van der Waals surface area contributed by atoms with Crippen LogP contribution in [0.15, 0.2) is 37.9 Å². The highest BCUT2D eigenvalue weighted by Crippen LogP contribution is 2.48. The molecule has 2 rings (SSSR count). The van der Waals surface area contributed by atoms with Gasteiger partial charge in [0.15, 0.2) is 0 Å². The van der Waals surface area contributed by atoms with Crippen molar-refractivity contribution in [2.45, 2.75) is 16.8 Å².